The summed E-state index contributed by atoms with van der Waals surface area (Å²) >= 11 is 0. The van der Waals surface area contributed by atoms with Crippen molar-refractivity contribution in [1.82, 2.24) is 9.97 Å². The number of aryl methyl sites for hydroxylation is 1. The van der Waals surface area contributed by atoms with Crippen LogP contribution in [0, 0.1) is 5.92 Å². The van der Waals surface area contributed by atoms with Crippen LogP contribution in [0.25, 0.3) is 0 Å². The van der Waals surface area contributed by atoms with Gasteiger partial charge in [0.25, 0.3) is 0 Å². The van der Waals surface area contributed by atoms with Gasteiger partial charge in [0.1, 0.15) is 12.0 Å². The number of nitrogen functional groups attached to an aromatic ring is 1. The van der Waals surface area contributed by atoms with Crippen molar-refractivity contribution in [2.24, 2.45) is 5.92 Å². The quantitative estimate of drug-likeness (QED) is 0.815. The molecule has 0 saturated carbocycles. The third kappa shape index (κ3) is 3.48. The number of benzene rings is 1. The predicted molar refractivity (Wildman–Crippen MR) is 110 cm³/mol. The van der Waals surface area contributed by atoms with E-state index in [1.807, 2.05) is 13.0 Å². The molecule has 1 unspecified atom stereocenters. The standard InChI is InChI=1S/C21H27N5O2/c1-2-28-21(27)16-9-5-11-25(13-16)19-18(22)20(24-14-23-19)26-12-6-8-15-7-3-4-10-17(15)26/h3-4,7,10,14,16H,2,5-6,8-9,11-13,22H2,1H3. The van der Waals surface area contributed by atoms with Gasteiger partial charge in [-0.3, -0.25) is 4.79 Å². The number of para-hydroxylation sites is 1. The lowest BCUT2D eigenvalue weighted by atomic mass is 9.98. The van der Waals surface area contributed by atoms with E-state index in [2.05, 4.69) is 38.0 Å². The number of anilines is 4. The largest absolute Gasteiger partial charge is 0.466 e. The first-order valence-electron chi connectivity index (χ1n) is 10.1. The van der Waals surface area contributed by atoms with Gasteiger partial charge in [-0.1, -0.05) is 18.2 Å². The maximum Gasteiger partial charge on any atom is 0.310 e. The van der Waals surface area contributed by atoms with E-state index in [1.54, 1.807) is 6.33 Å². The van der Waals surface area contributed by atoms with Gasteiger partial charge in [-0.2, -0.15) is 0 Å². The van der Waals surface area contributed by atoms with E-state index in [0.717, 1.165) is 50.3 Å². The van der Waals surface area contributed by atoms with Crippen LogP contribution >= 0.6 is 0 Å². The number of piperidine rings is 1. The molecule has 0 radical (unpaired) electrons. The van der Waals surface area contributed by atoms with Gasteiger partial charge in [-0.25, -0.2) is 9.97 Å². The van der Waals surface area contributed by atoms with Crippen molar-refractivity contribution in [3.63, 3.8) is 0 Å². The molecule has 0 bridgehead atoms. The van der Waals surface area contributed by atoms with E-state index >= 15 is 0 Å². The average Bonchev–Trinajstić information content (AvgIpc) is 2.74. The number of rotatable bonds is 4. The third-order valence-corrected chi connectivity index (χ3v) is 5.55. The number of esters is 1. The van der Waals surface area contributed by atoms with Crippen molar-refractivity contribution in [2.45, 2.75) is 32.6 Å². The zero-order valence-corrected chi connectivity index (χ0v) is 16.3. The summed E-state index contributed by atoms with van der Waals surface area (Å²) in [7, 11) is 0. The molecule has 1 aromatic carbocycles. The molecule has 1 saturated heterocycles. The third-order valence-electron chi connectivity index (χ3n) is 5.55. The minimum Gasteiger partial charge on any atom is -0.466 e. The number of carbonyl (C=O) groups excluding carboxylic acids is 1. The van der Waals surface area contributed by atoms with Crippen LogP contribution in [-0.4, -0.2) is 42.2 Å². The maximum absolute atomic E-state index is 12.2. The fraction of sp³-hybridized carbons (Fsp3) is 0.476. The second-order valence-corrected chi connectivity index (χ2v) is 7.36. The first-order chi connectivity index (χ1) is 13.7. The lowest BCUT2D eigenvalue weighted by molar-refractivity contribution is -0.148. The highest BCUT2D eigenvalue weighted by molar-refractivity contribution is 5.81. The lowest BCUT2D eigenvalue weighted by Gasteiger charge is -2.35. The van der Waals surface area contributed by atoms with Crippen LogP contribution in [0.5, 0.6) is 0 Å². The number of aromatic nitrogens is 2. The number of fused-ring (bicyclic) bond motifs is 1. The fourth-order valence-electron chi connectivity index (χ4n) is 4.22. The Morgan fingerprint density at radius 3 is 2.89 bits per heavy atom. The Hall–Kier alpha value is -2.83. The van der Waals surface area contributed by atoms with E-state index in [-0.39, 0.29) is 11.9 Å². The summed E-state index contributed by atoms with van der Waals surface area (Å²) in [5.74, 6) is 1.18. The minimum atomic E-state index is -0.137. The number of ether oxygens (including phenoxy) is 1. The highest BCUT2D eigenvalue weighted by Gasteiger charge is 2.30. The Bertz CT molecular complexity index is 856. The molecule has 2 aromatic rings. The van der Waals surface area contributed by atoms with E-state index in [0.29, 0.717) is 24.7 Å². The van der Waals surface area contributed by atoms with Crippen molar-refractivity contribution < 1.29 is 9.53 Å². The Kier molecular flexibility index (Phi) is 5.32. The first kappa shape index (κ1) is 18.5. The summed E-state index contributed by atoms with van der Waals surface area (Å²) in [4.78, 5) is 25.5. The molecule has 28 heavy (non-hydrogen) atoms. The van der Waals surface area contributed by atoms with Crippen molar-refractivity contribution in [3.05, 3.63) is 36.2 Å². The molecule has 7 nitrogen and oxygen atoms in total. The van der Waals surface area contributed by atoms with Gasteiger partial charge >= 0.3 is 5.97 Å². The second-order valence-electron chi connectivity index (χ2n) is 7.36. The fourth-order valence-corrected chi connectivity index (χ4v) is 4.22. The molecule has 4 rings (SSSR count). The highest BCUT2D eigenvalue weighted by Crippen LogP contribution is 2.38. The van der Waals surface area contributed by atoms with Crippen molar-refractivity contribution in [1.29, 1.82) is 0 Å². The molecular weight excluding hydrogens is 354 g/mol. The van der Waals surface area contributed by atoms with Crippen molar-refractivity contribution >= 4 is 29.0 Å². The monoisotopic (exact) mass is 381 g/mol. The Morgan fingerprint density at radius 1 is 1.21 bits per heavy atom. The molecule has 3 heterocycles. The van der Waals surface area contributed by atoms with E-state index in [1.165, 1.54) is 5.56 Å². The van der Waals surface area contributed by atoms with Crippen LogP contribution < -0.4 is 15.5 Å². The molecule has 0 spiro atoms. The highest BCUT2D eigenvalue weighted by atomic mass is 16.5. The van der Waals surface area contributed by atoms with Crippen LogP contribution in [0.3, 0.4) is 0 Å². The molecule has 0 amide bonds. The first-order valence-corrected chi connectivity index (χ1v) is 10.1. The molecule has 2 N–H and O–H groups in total. The van der Waals surface area contributed by atoms with Crippen LogP contribution in [0.15, 0.2) is 30.6 Å². The molecule has 7 heteroatoms. The zero-order valence-electron chi connectivity index (χ0n) is 16.3. The SMILES string of the molecule is CCOC(=O)C1CCCN(c2ncnc(N3CCCc4ccccc43)c2N)C1. The molecular formula is C21H27N5O2. The van der Waals surface area contributed by atoms with E-state index in [4.69, 9.17) is 10.5 Å². The molecule has 2 aliphatic rings. The van der Waals surface area contributed by atoms with Crippen LogP contribution in [0.2, 0.25) is 0 Å². The summed E-state index contributed by atoms with van der Waals surface area (Å²) in [6.45, 7) is 4.53. The number of hydrogen-bond acceptors (Lipinski definition) is 7. The molecule has 0 aliphatic carbocycles. The van der Waals surface area contributed by atoms with Gasteiger partial charge in [0.15, 0.2) is 11.6 Å². The van der Waals surface area contributed by atoms with Gasteiger partial charge < -0.3 is 20.3 Å². The predicted octanol–water partition coefficient (Wildman–Crippen LogP) is 2.92. The summed E-state index contributed by atoms with van der Waals surface area (Å²) in [5.41, 5.74) is 9.60. The second kappa shape index (κ2) is 8.04. The molecule has 1 atom stereocenters. The summed E-state index contributed by atoms with van der Waals surface area (Å²) in [5, 5.41) is 0. The summed E-state index contributed by atoms with van der Waals surface area (Å²) in [6, 6.07) is 8.39. The number of nitrogens with two attached hydrogens (primary N) is 1. The van der Waals surface area contributed by atoms with Gasteiger partial charge in [-0.15, -0.1) is 0 Å². The Balaban J connectivity index is 1.62. The summed E-state index contributed by atoms with van der Waals surface area (Å²) < 4.78 is 5.22. The van der Waals surface area contributed by atoms with Crippen LogP contribution in [0.4, 0.5) is 23.0 Å². The van der Waals surface area contributed by atoms with Crippen molar-refractivity contribution in [2.75, 3.05) is 41.8 Å². The van der Waals surface area contributed by atoms with Gasteiger partial charge in [0.2, 0.25) is 0 Å². The Morgan fingerprint density at radius 2 is 2.04 bits per heavy atom. The van der Waals surface area contributed by atoms with E-state index < -0.39 is 0 Å². The maximum atomic E-state index is 12.2. The van der Waals surface area contributed by atoms with Gasteiger partial charge in [0.05, 0.1) is 12.5 Å². The number of carbonyl (C=O) groups is 1. The minimum absolute atomic E-state index is 0.134. The number of hydrogen-bond donors (Lipinski definition) is 1. The molecule has 2 aliphatic heterocycles. The average molecular weight is 381 g/mol. The summed E-state index contributed by atoms with van der Waals surface area (Å²) in [6.07, 6.45) is 5.45. The Labute approximate surface area is 165 Å². The normalized spacial score (nSPS) is 19.2. The zero-order chi connectivity index (χ0) is 19.5. The smallest absolute Gasteiger partial charge is 0.310 e. The molecule has 1 aromatic heterocycles. The number of nitrogens with zero attached hydrogens (tertiary/aromatic N) is 4. The van der Waals surface area contributed by atoms with E-state index in [9.17, 15) is 4.79 Å². The van der Waals surface area contributed by atoms with Crippen LogP contribution in [0.1, 0.15) is 31.7 Å². The topological polar surface area (TPSA) is 84.6 Å². The van der Waals surface area contributed by atoms with Crippen molar-refractivity contribution in [3.8, 4) is 0 Å². The van der Waals surface area contributed by atoms with Gasteiger partial charge in [-0.05, 0) is 44.2 Å². The van der Waals surface area contributed by atoms with Crippen LogP contribution in [-0.2, 0) is 16.0 Å². The van der Waals surface area contributed by atoms with Gasteiger partial charge in [0, 0.05) is 25.3 Å². The lowest BCUT2D eigenvalue weighted by Crippen LogP contribution is -2.40. The molecule has 1 fully saturated rings. The molecule has 148 valence electrons.